The predicted octanol–water partition coefficient (Wildman–Crippen LogP) is 3.05. The molecule has 6 nitrogen and oxygen atoms in total. The van der Waals surface area contributed by atoms with E-state index in [2.05, 4.69) is 0 Å². The van der Waals surface area contributed by atoms with E-state index in [0.29, 0.717) is 31.1 Å². The van der Waals surface area contributed by atoms with Crippen molar-refractivity contribution in [1.82, 2.24) is 4.90 Å². The lowest BCUT2D eigenvalue weighted by molar-refractivity contribution is 0.0588. The van der Waals surface area contributed by atoms with Crippen LogP contribution in [-0.4, -0.2) is 43.1 Å². The molecule has 0 unspecified atom stereocenters. The Morgan fingerprint density at radius 3 is 2.44 bits per heavy atom. The van der Waals surface area contributed by atoms with Crippen molar-refractivity contribution < 1.29 is 23.8 Å². The van der Waals surface area contributed by atoms with Crippen LogP contribution in [0.3, 0.4) is 0 Å². The molecule has 1 heterocycles. The van der Waals surface area contributed by atoms with Crippen LogP contribution < -0.4 is 9.47 Å². The van der Waals surface area contributed by atoms with Crippen molar-refractivity contribution in [2.45, 2.75) is 25.4 Å². The average Bonchev–Trinajstić information content (AvgIpc) is 3.56. The lowest BCUT2D eigenvalue weighted by atomic mass is 10.1. The molecule has 2 aromatic carbocycles. The number of carbonyl (C=O) groups excluding carboxylic acids is 2. The fourth-order valence-electron chi connectivity index (χ4n) is 3.25. The van der Waals surface area contributed by atoms with Gasteiger partial charge in [0.25, 0.3) is 5.91 Å². The highest BCUT2D eigenvalue weighted by molar-refractivity contribution is 6.05. The van der Waals surface area contributed by atoms with E-state index in [1.165, 1.54) is 7.11 Å². The summed E-state index contributed by atoms with van der Waals surface area (Å²) in [5, 5.41) is 0. The zero-order valence-electron chi connectivity index (χ0n) is 15.1. The van der Waals surface area contributed by atoms with Crippen LogP contribution in [0, 0.1) is 0 Å². The van der Waals surface area contributed by atoms with Gasteiger partial charge in [0.15, 0.2) is 11.5 Å². The molecule has 1 aliphatic heterocycles. The topological polar surface area (TPSA) is 65.1 Å². The molecule has 0 saturated heterocycles. The largest absolute Gasteiger partial charge is 0.486 e. The van der Waals surface area contributed by atoms with Crippen molar-refractivity contribution in [2.24, 2.45) is 0 Å². The molecular formula is C21H21NO5. The van der Waals surface area contributed by atoms with Gasteiger partial charge in [-0.1, -0.05) is 18.2 Å². The van der Waals surface area contributed by atoms with Gasteiger partial charge in [-0.25, -0.2) is 4.79 Å². The number of esters is 1. The number of fused-ring (bicyclic) bond motifs is 1. The minimum atomic E-state index is -0.506. The number of methoxy groups -OCH3 is 1. The van der Waals surface area contributed by atoms with Crippen molar-refractivity contribution in [1.29, 1.82) is 0 Å². The van der Waals surface area contributed by atoms with E-state index < -0.39 is 5.97 Å². The van der Waals surface area contributed by atoms with Crippen molar-refractivity contribution in [2.75, 3.05) is 20.3 Å². The first kappa shape index (κ1) is 17.4. The summed E-state index contributed by atoms with van der Waals surface area (Å²) in [7, 11) is 1.32. The highest BCUT2D eigenvalue weighted by Gasteiger charge is 2.34. The number of carbonyl (C=O) groups is 2. The van der Waals surface area contributed by atoms with Crippen molar-refractivity contribution in [3.05, 3.63) is 59.2 Å². The Bertz CT molecular complexity index is 875. The third kappa shape index (κ3) is 3.60. The predicted molar refractivity (Wildman–Crippen MR) is 98.1 cm³/mol. The SMILES string of the molecule is COC(=O)c1ccccc1C(=O)N(Cc1ccc2c(c1)OCCO2)C1CC1. The summed E-state index contributed by atoms with van der Waals surface area (Å²) in [5.74, 6) is 0.768. The van der Waals surface area contributed by atoms with Crippen LogP contribution in [0.1, 0.15) is 39.1 Å². The molecule has 1 amide bonds. The maximum Gasteiger partial charge on any atom is 0.338 e. The molecule has 0 spiro atoms. The van der Waals surface area contributed by atoms with E-state index in [-0.39, 0.29) is 17.5 Å². The molecule has 1 aliphatic carbocycles. The number of ether oxygens (including phenoxy) is 3. The monoisotopic (exact) mass is 367 g/mol. The van der Waals surface area contributed by atoms with Gasteiger partial charge in [-0.15, -0.1) is 0 Å². The van der Waals surface area contributed by atoms with Crippen LogP contribution in [-0.2, 0) is 11.3 Å². The molecule has 0 bridgehead atoms. The summed E-state index contributed by atoms with van der Waals surface area (Å²) in [6, 6.07) is 12.7. The van der Waals surface area contributed by atoms with Gasteiger partial charge in [-0.05, 0) is 42.7 Å². The first-order valence-electron chi connectivity index (χ1n) is 9.04. The number of benzene rings is 2. The fourth-order valence-corrected chi connectivity index (χ4v) is 3.25. The van der Waals surface area contributed by atoms with Gasteiger partial charge in [-0.3, -0.25) is 4.79 Å². The second-order valence-corrected chi connectivity index (χ2v) is 6.68. The van der Waals surface area contributed by atoms with Gasteiger partial charge in [0.2, 0.25) is 0 Å². The quantitative estimate of drug-likeness (QED) is 0.760. The Hall–Kier alpha value is -3.02. The van der Waals surface area contributed by atoms with Crippen LogP contribution in [0.25, 0.3) is 0 Å². The van der Waals surface area contributed by atoms with Crippen LogP contribution >= 0.6 is 0 Å². The molecule has 0 radical (unpaired) electrons. The number of rotatable bonds is 5. The van der Waals surface area contributed by atoms with Crippen molar-refractivity contribution >= 4 is 11.9 Å². The Kier molecular flexibility index (Phi) is 4.71. The third-order valence-corrected chi connectivity index (χ3v) is 4.77. The maximum atomic E-state index is 13.2. The van der Waals surface area contributed by atoms with Crippen molar-refractivity contribution in [3.63, 3.8) is 0 Å². The van der Waals surface area contributed by atoms with Crippen LogP contribution in [0.4, 0.5) is 0 Å². The minimum absolute atomic E-state index is 0.159. The van der Waals surface area contributed by atoms with Gasteiger partial charge in [0.1, 0.15) is 13.2 Å². The highest BCUT2D eigenvalue weighted by atomic mass is 16.6. The van der Waals surface area contributed by atoms with Crippen molar-refractivity contribution in [3.8, 4) is 11.5 Å². The number of hydrogen-bond donors (Lipinski definition) is 0. The smallest absolute Gasteiger partial charge is 0.338 e. The maximum absolute atomic E-state index is 13.2. The number of hydrogen-bond acceptors (Lipinski definition) is 5. The molecule has 6 heteroatoms. The lowest BCUT2D eigenvalue weighted by Gasteiger charge is -2.25. The molecule has 0 atom stereocenters. The van der Waals surface area contributed by atoms with E-state index in [4.69, 9.17) is 14.2 Å². The first-order valence-corrected chi connectivity index (χ1v) is 9.04. The van der Waals surface area contributed by atoms with Crippen LogP contribution in [0.2, 0.25) is 0 Å². The highest BCUT2D eigenvalue weighted by Crippen LogP contribution is 2.34. The van der Waals surface area contributed by atoms with Gasteiger partial charge >= 0.3 is 5.97 Å². The summed E-state index contributed by atoms with van der Waals surface area (Å²) in [6.45, 7) is 1.52. The molecular weight excluding hydrogens is 346 g/mol. The van der Waals surface area contributed by atoms with Gasteiger partial charge < -0.3 is 19.1 Å². The molecule has 2 aromatic rings. The number of nitrogens with zero attached hydrogens (tertiary/aromatic N) is 1. The second-order valence-electron chi connectivity index (χ2n) is 6.68. The van der Waals surface area contributed by atoms with Crippen LogP contribution in [0.15, 0.2) is 42.5 Å². The molecule has 4 rings (SSSR count). The summed E-state index contributed by atoms with van der Waals surface area (Å²) in [6.07, 6.45) is 1.94. The standard InChI is InChI=1S/C21H21NO5/c1-25-21(24)17-5-3-2-4-16(17)20(23)22(15-7-8-15)13-14-6-9-18-19(12-14)27-11-10-26-18/h2-6,9,12,15H,7-8,10-11,13H2,1H3. The van der Waals surface area contributed by atoms with E-state index in [0.717, 1.165) is 24.2 Å². The van der Waals surface area contributed by atoms with Crippen LogP contribution in [0.5, 0.6) is 11.5 Å². The summed E-state index contributed by atoms with van der Waals surface area (Å²) in [5.41, 5.74) is 1.63. The lowest BCUT2D eigenvalue weighted by Crippen LogP contribution is -2.33. The van der Waals surface area contributed by atoms with E-state index in [9.17, 15) is 9.59 Å². The molecule has 0 N–H and O–H groups in total. The Morgan fingerprint density at radius 2 is 1.74 bits per heavy atom. The molecule has 27 heavy (non-hydrogen) atoms. The van der Waals surface area contributed by atoms with E-state index in [1.54, 1.807) is 24.3 Å². The zero-order chi connectivity index (χ0) is 18.8. The molecule has 2 aliphatic rings. The summed E-state index contributed by atoms with van der Waals surface area (Å²) >= 11 is 0. The summed E-state index contributed by atoms with van der Waals surface area (Å²) in [4.78, 5) is 27.1. The van der Waals surface area contributed by atoms with Gasteiger partial charge in [0.05, 0.1) is 18.2 Å². The normalized spacial score (nSPS) is 15.1. The van der Waals surface area contributed by atoms with E-state index >= 15 is 0 Å². The second kappa shape index (κ2) is 7.31. The Balaban J connectivity index is 1.60. The Labute approximate surface area is 157 Å². The third-order valence-electron chi connectivity index (χ3n) is 4.77. The molecule has 1 saturated carbocycles. The fraction of sp³-hybridized carbons (Fsp3) is 0.333. The molecule has 140 valence electrons. The molecule has 0 aromatic heterocycles. The Morgan fingerprint density at radius 1 is 1.04 bits per heavy atom. The van der Waals surface area contributed by atoms with E-state index in [1.807, 2.05) is 23.1 Å². The van der Waals surface area contributed by atoms with Gasteiger partial charge in [-0.2, -0.15) is 0 Å². The van der Waals surface area contributed by atoms with Gasteiger partial charge in [0, 0.05) is 12.6 Å². The number of amides is 1. The summed E-state index contributed by atoms with van der Waals surface area (Å²) < 4.78 is 16.0. The first-order chi connectivity index (χ1) is 13.2. The zero-order valence-corrected chi connectivity index (χ0v) is 15.1. The average molecular weight is 367 g/mol. The molecule has 1 fully saturated rings. The minimum Gasteiger partial charge on any atom is -0.486 e.